The van der Waals surface area contributed by atoms with Crippen LogP contribution in [0.3, 0.4) is 0 Å². The highest BCUT2D eigenvalue weighted by molar-refractivity contribution is 5.70. The molecule has 88 valence electrons. The molecule has 0 aliphatic rings. The largest absolute Gasteiger partial charge is 0.508 e. The van der Waals surface area contributed by atoms with E-state index in [1.807, 2.05) is 26.8 Å². The minimum absolute atomic E-state index is 0.228. The Morgan fingerprint density at radius 2 is 1.94 bits per heavy atom. The van der Waals surface area contributed by atoms with Gasteiger partial charge in [0, 0.05) is 6.42 Å². The van der Waals surface area contributed by atoms with E-state index >= 15 is 0 Å². The Morgan fingerprint density at radius 3 is 2.50 bits per heavy atom. The molecule has 0 aliphatic carbocycles. The lowest BCUT2D eigenvalue weighted by atomic mass is 10.1. The number of hydrogen-bond acceptors (Lipinski definition) is 3. The third kappa shape index (κ3) is 4.34. The smallest absolute Gasteiger partial charge is 0.306 e. The van der Waals surface area contributed by atoms with Gasteiger partial charge < -0.3 is 9.84 Å². The molecule has 1 rings (SSSR count). The van der Waals surface area contributed by atoms with E-state index in [1.54, 1.807) is 18.2 Å². The summed E-state index contributed by atoms with van der Waals surface area (Å²) in [5.41, 5.74) is 0.323. The molecule has 3 heteroatoms. The van der Waals surface area contributed by atoms with Gasteiger partial charge in [0.2, 0.25) is 0 Å². The summed E-state index contributed by atoms with van der Waals surface area (Å²) in [6, 6.07) is 7.01. The number of para-hydroxylation sites is 1. The summed E-state index contributed by atoms with van der Waals surface area (Å²) in [4.78, 5) is 11.4. The molecule has 16 heavy (non-hydrogen) atoms. The summed E-state index contributed by atoms with van der Waals surface area (Å²) in [6.45, 7) is 5.51. The van der Waals surface area contributed by atoms with Gasteiger partial charge >= 0.3 is 5.97 Å². The van der Waals surface area contributed by atoms with Crippen LogP contribution in [0, 0.1) is 0 Å². The average molecular weight is 222 g/mol. The van der Waals surface area contributed by atoms with Crippen LogP contribution in [0.1, 0.15) is 32.8 Å². The highest BCUT2D eigenvalue weighted by Crippen LogP contribution is 2.18. The van der Waals surface area contributed by atoms with E-state index in [0.29, 0.717) is 6.42 Å². The number of aromatic hydroxyl groups is 1. The van der Waals surface area contributed by atoms with Gasteiger partial charge in [0.15, 0.2) is 0 Å². The van der Waals surface area contributed by atoms with Crippen molar-refractivity contribution in [3.63, 3.8) is 0 Å². The predicted octanol–water partition coefficient (Wildman–Crippen LogP) is 2.67. The summed E-state index contributed by atoms with van der Waals surface area (Å²) in [5, 5.41) is 9.50. The Balaban J connectivity index is 2.47. The van der Waals surface area contributed by atoms with E-state index in [1.165, 1.54) is 0 Å². The van der Waals surface area contributed by atoms with Crippen molar-refractivity contribution < 1.29 is 14.6 Å². The quantitative estimate of drug-likeness (QED) is 0.800. The number of phenolic OH excluding ortho intramolecular Hbond substituents is 1. The fourth-order valence-electron chi connectivity index (χ4n) is 1.35. The molecule has 0 saturated heterocycles. The fraction of sp³-hybridized carbons (Fsp3) is 0.462. The van der Waals surface area contributed by atoms with Crippen molar-refractivity contribution in [3.8, 4) is 5.75 Å². The van der Waals surface area contributed by atoms with Gasteiger partial charge in [-0.15, -0.1) is 0 Å². The predicted molar refractivity (Wildman–Crippen MR) is 62.3 cm³/mol. The van der Waals surface area contributed by atoms with Gasteiger partial charge in [-0.3, -0.25) is 4.79 Å². The van der Waals surface area contributed by atoms with Crippen molar-refractivity contribution in [2.75, 3.05) is 0 Å². The summed E-state index contributed by atoms with van der Waals surface area (Å²) < 4.78 is 5.18. The molecule has 0 atom stereocenters. The average Bonchev–Trinajstić information content (AvgIpc) is 2.14. The molecule has 0 aromatic heterocycles. The van der Waals surface area contributed by atoms with Gasteiger partial charge in [-0.25, -0.2) is 0 Å². The molecule has 0 bridgehead atoms. The van der Waals surface area contributed by atoms with Gasteiger partial charge in [-0.2, -0.15) is 0 Å². The maximum atomic E-state index is 11.4. The third-order valence-corrected chi connectivity index (χ3v) is 2.01. The van der Waals surface area contributed by atoms with Crippen LogP contribution in [0.2, 0.25) is 0 Å². The molecule has 1 aromatic rings. The van der Waals surface area contributed by atoms with Gasteiger partial charge in [-0.05, 0) is 38.8 Å². The molecule has 0 fully saturated rings. The van der Waals surface area contributed by atoms with Crippen molar-refractivity contribution in [2.45, 2.75) is 39.2 Å². The monoisotopic (exact) mass is 222 g/mol. The van der Waals surface area contributed by atoms with Crippen LogP contribution in [0.4, 0.5) is 0 Å². The minimum atomic E-state index is -0.449. The number of benzene rings is 1. The first-order valence-corrected chi connectivity index (χ1v) is 5.37. The molecule has 0 spiro atoms. The van der Waals surface area contributed by atoms with Crippen LogP contribution in [-0.2, 0) is 16.0 Å². The number of rotatable bonds is 3. The summed E-state index contributed by atoms with van der Waals surface area (Å²) in [5.74, 6) is -0.0122. The maximum absolute atomic E-state index is 11.4. The number of esters is 1. The van der Waals surface area contributed by atoms with E-state index in [0.717, 1.165) is 5.56 Å². The number of ether oxygens (including phenoxy) is 1. The first-order chi connectivity index (χ1) is 7.38. The lowest BCUT2D eigenvalue weighted by molar-refractivity contribution is -0.154. The number of hydrogen-bond donors (Lipinski definition) is 1. The maximum Gasteiger partial charge on any atom is 0.306 e. The number of carbonyl (C=O) groups is 1. The third-order valence-electron chi connectivity index (χ3n) is 2.01. The summed E-state index contributed by atoms with van der Waals surface area (Å²) in [7, 11) is 0. The van der Waals surface area contributed by atoms with E-state index in [2.05, 4.69) is 0 Å². The second-order valence-corrected chi connectivity index (χ2v) is 4.72. The van der Waals surface area contributed by atoms with E-state index in [4.69, 9.17) is 4.74 Å². The standard InChI is InChI=1S/C13H18O3/c1-13(2,3)16-12(15)9-8-10-6-4-5-7-11(10)14/h4-7,14H,8-9H2,1-3H3. The second kappa shape index (κ2) is 5.01. The molecule has 0 heterocycles. The topological polar surface area (TPSA) is 46.5 Å². The van der Waals surface area contributed by atoms with E-state index in [-0.39, 0.29) is 18.1 Å². The highest BCUT2D eigenvalue weighted by Gasteiger charge is 2.16. The van der Waals surface area contributed by atoms with Crippen LogP contribution in [-0.4, -0.2) is 16.7 Å². The van der Waals surface area contributed by atoms with E-state index < -0.39 is 5.60 Å². The van der Waals surface area contributed by atoms with Crippen LogP contribution < -0.4 is 0 Å². The van der Waals surface area contributed by atoms with Crippen LogP contribution >= 0.6 is 0 Å². The van der Waals surface area contributed by atoms with Crippen molar-refractivity contribution in [3.05, 3.63) is 29.8 Å². The van der Waals surface area contributed by atoms with Crippen LogP contribution in [0.15, 0.2) is 24.3 Å². The molecule has 3 nitrogen and oxygen atoms in total. The first-order valence-electron chi connectivity index (χ1n) is 5.37. The molecule has 0 saturated carbocycles. The number of aryl methyl sites for hydroxylation is 1. The first kappa shape index (κ1) is 12.6. The molecule has 1 N–H and O–H groups in total. The summed E-state index contributed by atoms with van der Waals surface area (Å²) >= 11 is 0. The molecule has 0 amide bonds. The normalized spacial score (nSPS) is 11.2. The lowest BCUT2D eigenvalue weighted by Crippen LogP contribution is -2.24. The summed E-state index contributed by atoms with van der Waals surface area (Å²) in [6.07, 6.45) is 0.788. The Labute approximate surface area is 96.1 Å². The highest BCUT2D eigenvalue weighted by atomic mass is 16.6. The molecule has 0 radical (unpaired) electrons. The van der Waals surface area contributed by atoms with Gasteiger partial charge in [0.25, 0.3) is 0 Å². The SMILES string of the molecule is CC(C)(C)OC(=O)CCc1ccccc1O. The zero-order chi connectivity index (χ0) is 12.2. The van der Waals surface area contributed by atoms with E-state index in [9.17, 15) is 9.90 Å². The van der Waals surface area contributed by atoms with Crippen LogP contribution in [0.25, 0.3) is 0 Å². The minimum Gasteiger partial charge on any atom is -0.508 e. The molecule has 0 aliphatic heterocycles. The van der Waals surface area contributed by atoms with Crippen molar-refractivity contribution >= 4 is 5.97 Å². The number of phenols is 1. The van der Waals surface area contributed by atoms with Crippen molar-refractivity contribution in [2.24, 2.45) is 0 Å². The number of carbonyl (C=O) groups excluding carboxylic acids is 1. The fourth-order valence-corrected chi connectivity index (χ4v) is 1.35. The lowest BCUT2D eigenvalue weighted by Gasteiger charge is -2.19. The zero-order valence-corrected chi connectivity index (χ0v) is 9.99. The molecule has 0 unspecified atom stereocenters. The Kier molecular flexibility index (Phi) is 3.93. The van der Waals surface area contributed by atoms with Crippen molar-refractivity contribution in [1.29, 1.82) is 0 Å². The van der Waals surface area contributed by atoms with Crippen molar-refractivity contribution in [1.82, 2.24) is 0 Å². The zero-order valence-electron chi connectivity index (χ0n) is 9.99. The van der Waals surface area contributed by atoms with Gasteiger partial charge in [-0.1, -0.05) is 18.2 Å². The van der Waals surface area contributed by atoms with Gasteiger partial charge in [0.05, 0.1) is 0 Å². The molecular formula is C13H18O3. The van der Waals surface area contributed by atoms with Crippen LogP contribution in [0.5, 0.6) is 5.75 Å². The Morgan fingerprint density at radius 1 is 1.31 bits per heavy atom. The second-order valence-electron chi connectivity index (χ2n) is 4.72. The molecule has 1 aromatic carbocycles. The Bertz CT molecular complexity index is 364. The van der Waals surface area contributed by atoms with Gasteiger partial charge in [0.1, 0.15) is 11.4 Å². The Hall–Kier alpha value is -1.51. The molecular weight excluding hydrogens is 204 g/mol.